The highest BCUT2D eigenvalue weighted by Gasteiger charge is 2.14. The van der Waals surface area contributed by atoms with E-state index in [1.54, 1.807) is 6.92 Å². The van der Waals surface area contributed by atoms with Crippen LogP contribution >= 0.6 is 27.5 Å². The molecular weight excluding hydrogens is 337 g/mol. The Morgan fingerprint density at radius 1 is 1.58 bits per heavy atom. The van der Waals surface area contributed by atoms with Crippen molar-refractivity contribution in [1.82, 2.24) is 0 Å². The number of rotatable bonds is 6. The second kappa shape index (κ2) is 7.82. The molecule has 0 heterocycles. The standard InChI is InChI=1S/C13H16BrClFNO2/c1-2-19-13(18)5-3-4-12(17)8-6-10(15)9(14)7-11(8)16/h6-7,12H,2-5,17H2,1H3. The van der Waals surface area contributed by atoms with Gasteiger partial charge in [0.05, 0.1) is 11.6 Å². The van der Waals surface area contributed by atoms with Crippen molar-refractivity contribution in [3.8, 4) is 0 Å². The maximum Gasteiger partial charge on any atom is 0.305 e. The lowest BCUT2D eigenvalue weighted by Gasteiger charge is -2.13. The second-order valence-corrected chi connectivity index (χ2v) is 5.35. The lowest BCUT2D eigenvalue weighted by Crippen LogP contribution is -2.13. The molecule has 19 heavy (non-hydrogen) atoms. The van der Waals surface area contributed by atoms with Gasteiger partial charge in [0.1, 0.15) is 5.82 Å². The Balaban J connectivity index is 2.56. The molecule has 1 atom stereocenters. The molecule has 0 radical (unpaired) electrons. The van der Waals surface area contributed by atoms with Crippen LogP contribution in [0.1, 0.15) is 37.8 Å². The average Bonchev–Trinajstić information content (AvgIpc) is 2.34. The van der Waals surface area contributed by atoms with Crippen molar-refractivity contribution < 1.29 is 13.9 Å². The maximum absolute atomic E-state index is 13.7. The summed E-state index contributed by atoms with van der Waals surface area (Å²) in [6.45, 7) is 2.12. The molecule has 1 rings (SSSR count). The van der Waals surface area contributed by atoms with Crippen molar-refractivity contribution in [2.75, 3.05) is 6.61 Å². The van der Waals surface area contributed by atoms with E-state index in [0.29, 0.717) is 34.5 Å². The Bertz CT molecular complexity index is 457. The predicted octanol–water partition coefficient (Wildman–Crippen LogP) is 3.97. The topological polar surface area (TPSA) is 52.3 Å². The molecule has 0 aromatic heterocycles. The summed E-state index contributed by atoms with van der Waals surface area (Å²) in [6, 6.07) is 2.32. The molecule has 1 aromatic carbocycles. The van der Waals surface area contributed by atoms with Gasteiger partial charge in [-0.25, -0.2) is 4.39 Å². The number of carbonyl (C=O) groups is 1. The molecule has 0 fully saturated rings. The second-order valence-electron chi connectivity index (χ2n) is 4.09. The largest absolute Gasteiger partial charge is 0.466 e. The van der Waals surface area contributed by atoms with Crippen LogP contribution in [0.3, 0.4) is 0 Å². The third kappa shape index (κ3) is 5.09. The number of benzene rings is 1. The SMILES string of the molecule is CCOC(=O)CCCC(N)c1cc(Cl)c(Br)cc1F. The van der Waals surface area contributed by atoms with E-state index >= 15 is 0 Å². The van der Waals surface area contributed by atoms with E-state index in [9.17, 15) is 9.18 Å². The monoisotopic (exact) mass is 351 g/mol. The molecular formula is C13H16BrClFNO2. The predicted molar refractivity (Wildman–Crippen MR) is 76.5 cm³/mol. The number of hydrogen-bond donors (Lipinski definition) is 1. The molecule has 0 saturated carbocycles. The van der Waals surface area contributed by atoms with Crippen molar-refractivity contribution >= 4 is 33.5 Å². The Labute approximate surface area is 125 Å². The van der Waals surface area contributed by atoms with Gasteiger partial charge in [-0.05, 0) is 47.8 Å². The molecule has 0 aliphatic carbocycles. The van der Waals surface area contributed by atoms with Crippen molar-refractivity contribution in [3.05, 3.63) is 33.0 Å². The fraction of sp³-hybridized carbons (Fsp3) is 0.462. The van der Waals surface area contributed by atoms with Crippen LogP contribution in [0.4, 0.5) is 4.39 Å². The van der Waals surface area contributed by atoms with Crippen molar-refractivity contribution in [2.45, 2.75) is 32.2 Å². The summed E-state index contributed by atoms with van der Waals surface area (Å²) in [6.07, 6.45) is 1.33. The molecule has 0 saturated heterocycles. The van der Waals surface area contributed by atoms with E-state index in [4.69, 9.17) is 22.1 Å². The molecule has 2 N–H and O–H groups in total. The van der Waals surface area contributed by atoms with Crippen LogP contribution in [0.5, 0.6) is 0 Å². The minimum absolute atomic E-state index is 0.260. The molecule has 106 valence electrons. The van der Waals surface area contributed by atoms with E-state index in [1.807, 2.05) is 0 Å². The zero-order valence-corrected chi connectivity index (χ0v) is 12.9. The van der Waals surface area contributed by atoms with E-state index in [0.717, 1.165) is 0 Å². The van der Waals surface area contributed by atoms with Gasteiger partial charge in [-0.15, -0.1) is 0 Å². The first kappa shape index (κ1) is 16.4. The highest BCUT2D eigenvalue weighted by molar-refractivity contribution is 9.10. The summed E-state index contributed by atoms with van der Waals surface area (Å²) in [5.74, 6) is -0.663. The number of carbonyl (C=O) groups excluding carboxylic acids is 1. The Morgan fingerprint density at radius 3 is 2.89 bits per heavy atom. The van der Waals surface area contributed by atoms with Gasteiger partial charge in [0, 0.05) is 22.5 Å². The zero-order chi connectivity index (χ0) is 14.4. The van der Waals surface area contributed by atoms with Crippen LogP contribution in [0.25, 0.3) is 0 Å². The zero-order valence-electron chi connectivity index (χ0n) is 10.6. The highest BCUT2D eigenvalue weighted by Crippen LogP contribution is 2.29. The normalized spacial score (nSPS) is 12.3. The summed E-state index contributed by atoms with van der Waals surface area (Å²) >= 11 is 9.06. The molecule has 0 spiro atoms. The van der Waals surface area contributed by atoms with Crippen LogP contribution in [0.15, 0.2) is 16.6 Å². The molecule has 1 aromatic rings. The number of halogens is 3. The minimum atomic E-state index is -0.486. The number of hydrogen-bond acceptors (Lipinski definition) is 3. The summed E-state index contributed by atoms with van der Waals surface area (Å²) in [4.78, 5) is 11.2. The van der Waals surface area contributed by atoms with Crippen LogP contribution < -0.4 is 5.73 Å². The van der Waals surface area contributed by atoms with Gasteiger partial charge in [0.15, 0.2) is 0 Å². The molecule has 1 unspecified atom stereocenters. The van der Waals surface area contributed by atoms with Gasteiger partial charge in [0.25, 0.3) is 0 Å². The smallest absolute Gasteiger partial charge is 0.305 e. The van der Waals surface area contributed by atoms with Gasteiger partial charge >= 0.3 is 5.97 Å². The van der Waals surface area contributed by atoms with Crippen molar-refractivity contribution in [2.24, 2.45) is 5.73 Å². The van der Waals surface area contributed by atoms with Gasteiger partial charge < -0.3 is 10.5 Å². The summed E-state index contributed by atoms with van der Waals surface area (Å²) in [5.41, 5.74) is 6.27. The van der Waals surface area contributed by atoms with Gasteiger partial charge in [-0.1, -0.05) is 11.6 Å². The summed E-state index contributed by atoms with van der Waals surface area (Å²) in [7, 11) is 0. The van der Waals surface area contributed by atoms with E-state index in [-0.39, 0.29) is 12.4 Å². The first-order valence-electron chi connectivity index (χ1n) is 6.01. The molecule has 0 aliphatic rings. The number of ether oxygens (including phenoxy) is 1. The van der Waals surface area contributed by atoms with Crippen LogP contribution in [-0.2, 0) is 9.53 Å². The third-order valence-corrected chi connectivity index (χ3v) is 3.84. The molecule has 0 amide bonds. The molecule has 0 aliphatic heterocycles. The van der Waals surface area contributed by atoms with Crippen molar-refractivity contribution in [1.29, 1.82) is 0 Å². The van der Waals surface area contributed by atoms with Gasteiger partial charge in [0.2, 0.25) is 0 Å². The maximum atomic E-state index is 13.7. The first-order valence-corrected chi connectivity index (χ1v) is 7.18. The lowest BCUT2D eigenvalue weighted by molar-refractivity contribution is -0.143. The summed E-state index contributed by atoms with van der Waals surface area (Å²) in [5, 5.41) is 0.414. The van der Waals surface area contributed by atoms with Gasteiger partial charge in [-0.3, -0.25) is 4.79 Å². The fourth-order valence-corrected chi connectivity index (χ4v) is 2.16. The molecule has 0 bridgehead atoms. The minimum Gasteiger partial charge on any atom is -0.466 e. The Kier molecular flexibility index (Phi) is 6.75. The first-order chi connectivity index (χ1) is 8.95. The van der Waals surface area contributed by atoms with Crippen molar-refractivity contribution in [3.63, 3.8) is 0 Å². The summed E-state index contributed by atoms with van der Waals surface area (Å²) < 4.78 is 19.0. The lowest BCUT2D eigenvalue weighted by atomic mass is 10.0. The highest BCUT2D eigenvalue weighted by atomic mass is 79.9. The average molecular weight is 353 g/mol. The molecule has 3 nitrogen and oxygen atoms in total. The number of esters is 1. The Hall–Kier alpha value is -0.650. The molecule has 6 heteroatoms. The quantitative estimate of drug-likeness (QED) is 0.622. The van der Waals surface area contributed by atoms with E-state index in [1.165, 1.54) is 12.1 Å². The van der Waals surface area contributed by atoms with Crippen LogP contribution in [0.2, 0.25) is 5.02 Å². The third-order valence-electron chi connectivity index (χ3n) is 2.64. The number of nitrogens with two attached hydrogens (primary N) is 1. The van der Waals surface area contributed by atoms with Crippen LogP contribution in [-0.4, -0.2) is 12.6 Å². The van der Waals surface area contributed by atoms with Gasteiger partial charge in [-0.2, -0.15) is 0 Å². The Morgan fingerprint density at radius 2 is 2.26 bits per heavy atom. The van der Waals surface area contributed by atoms with Crippen LogP contribution in [0, 0.1) is 5.82 Å². The van der Waals surface area contributed by atoms with E-state index in [2.05, 4.69) is 15.9 Å². The van der Waals surface area contributed by atoms with E-state index < -0.39 is 11.9 Å². The fourth-order valence-electron chi connectivity index (χ4n) is 1.68.